The predicted molar refractivity (Wildman–Crippen MR) is 47.2 cm³/mol. The van der Waals surface area contributed by atoms with Crippen molar-refractivity contribution in [2.45, 2.75) is 38.9 Å². The van der Waals surface area contributed by atoms with E-state index in [1.807, 2.05) is 0 Å². The van der Waals surface area contributed by atoms with Crippen LogP contribution in [0.15, 0.2) is 10.2 Å². The molecule has 0 heterocycles. The summed E-state index contributed by atoms with van der Waals surface area (Å²) in [6, 6.07) is 0. The Hall–Kier alpha value is -0.480. The number of nitrogens with zero attached hydrogens (tertiary/aromatic N) is 2. The third kappa shape index (κ3) is 9.52. The summed E-state index contributed by atoms with van der Waals surface area (Å²) in [7, 11) is 0. The summed E-state index contributed by atoms with van der Waals surface area (Å²) in [5, 5.41) is 25.9. The van der Waals surface area contributed by atoms with Crippen molar-refractivity contribution >= 4 is 0 Å². The second-order valence-electron chi connectivity index (χ2n) is 4.22. The molecule has 4 heteroatoms. The van der Waals surface area contributed by atoms with E-state index < -0.39 is 11.2 Å². The van der Waals surface area contributed by atoms with E-state index in [0.29, 0.717) is 0 Å². The molecule has 4 nitrogen and oxygen atoms in total. The van der Waals surface area contributed by atoms with Crippen molar-refractivity contribution in [3.63, 3.8) is 0 Å². The Bertz CT molecular complexity index is 135. The molecule has 0 saturated heterocycles. The topological polar surface area (TPSA) is 65.2 Å². The quantitative estimate of drug-likeness (QED) is 0.624. The van der Waals surface area contributed by atoms with Crippen molar-refractivity contribution in [2.75, 3.05) is 13.1 Å². The summed E-state index contributed by atoms with van der Waals surface area (Å²) >= 11 is 0. The molecule has 0 spiro atoms. The Balaban J connectivity index is 3.66. The van der Waals surface area contributed by atoms with Crippen molar-refractivity contribution in [1.82, 2.24) is 0 Å². The molecule has 0 aliphatic rings. The molecule has 0 unspecified atom stereocenters. The van der Waals surface area contributed by atoms with Crippen LogP contribution >= 0.6 is 0 Å². The highest BCUT2D eigenvalue weighted by molar-refractivity contribution is 4.69. The van der Waals surface area contributed by atoms with Crippen LogP contribution in [-0.4, -0.2) is 34.5 Å². The molecule has 0 aromatic heterocycles. The molecule has 0 amide bonds. The Kier molecular flexibility index (Phi) is 3.80. The van der Waals surface area contributed by atoms with Crippen molar-refractivity contribution in [3.8, 4) is 0 Å². The van der Waals surface area contributed by atoms with Gasteiger partial charge in [-0.05, 0) is 27.7 Å². The molecule has 0 rings (SSSR count). The summed E-state index contributed by atoms with van der Waals surface area (Å²) in [6.45, 7) is 7.19. The number of hydrogen-bond acceptors (Lipinski definition) is 4. The molecule has 12 heavy (non-hydrogen) atoms. The van der Waals surface area contributed by atoms with Crippen molar-refractivity contribution in [2.24, 2.45) is 10.2 Å². The number of azo groups is 1. The first-order valence-electron chi connectivity index (χ1n) is 3.99. The van der Waals surface area contributed by atoms with Crippen LogP contribution in [0.5, 0.6) is 0 Å². The molecule has 0 atom stereocenters. The van der Waals surface area contributed by atoms with Crippen LogP contribution in [0.2, 0.25) is 0 Å². The molecular weight excluding hydrogens is 156 g/mol. The normalized spacial score (nSPS) is 14.2. The lowest BCUT2D eigenvalue weighted by Crippen LogP contribution is -2.24. The van der Waals surface area contributed by atoms with Gasteiger partial charge in [0.25, 0.3) is 0 Å². The first-order valence-corrected chi connectivity index (χ1v) is 3.99. The van der Waals surface area contributed by atoms with E-state index in [9.17, 15) is 10.2 Å². The minimum Gasteiger partial charge on any atom is -0.388 e. The van der Waals surface area contributed by atoms with Crippen LogP contribution in [0.4, 0.5) is 0 Å². The van der Waals surface area contributed by atoms with Gasteiger partial charge in [0.15, 0.2) is 0 Å². The van der Waals surface area contributed by atoms with Crippen LogP contribution < -0.4 is 0 Å². The van der Waals surface area contributed by atoms with Gasteiger partial charge in [0, 0.05) is 0 Å². The third-order valence-corrected chi connectivity index (χ3v) is 1.02. The van der Waals surface area contributed by atoms with Gasteiger partial charge in [-0.25, -0.2) is 0 Å². The van der Waals surface area contributed by atoms with Crippen molar-refractivity contribution < 1.29 is 10.2 Å². The van der Waals surface area contributed by atoms with Gasteiger partial charge in [-0.2, -0.15) is 10.2 Å². The van der Waals surface area contributed by atoms with Gasteiger partial charge >= 0.3 is 0 Å². The molecule has 72 valence electrons. The number of aliphatic hydroxyl groups is 2. The average molecular weight is 174 g/mol. The molecule has 0 fully saturated rings. The summed E-state index contributed by atoms with van der Waals surface area (Å²) in [5.41, 5.74) is -1.63. The third-order valence-electron chi connectivity index (χ3n) is 1.02. The minimum atomic E-state index is -0.816. The number of rotatable bonds is 4. The van der Waals surface area contributed by atoms with E-state index in [0.717, 1.165) is 0 Å². The summed E-state index contributed by atoms with van der Waals surface area (Å²) in [5.74, 6) is 0. The zero-order chi connectivity index (χ0) is 9.83. The fourth-order valence-corrected chi connectivity index (χ4v) is 0.446. The Labute approximate surface area is 73.3 Å². The van der Waals surface area contributed by atoms with E-state index in [4.69, 9.17) is 0 Å². The van der Waals surface area contributed by atoms with Crippen LogP contribution in [0.1, 0.15) is 27.7 Å². The van der Waals surface area contributed by atoms with Crippen LogP contribution in [0.25, 0.3) is 0 Å². The molecule has 0 saturated carbocycles. The first-order chi connectivity index (χ1) is 5.21. The van der Waals surface area contributed by atoms with Crippen molar-refractivity contribution in [3.05, 3.63) is 0 Å². The van der Waals surface area contributed by atoms with E-state index in [2.05, 4.69) is 10.2 Å². The minimum absolute atomic E-state index is 0.267. The van der Waals surface area contributed by atoms with E-state index in [1.54, 1.807) is 27.7 Å². The van der Waals surface area contributed by atoms with Crippen LogP contribution in [0.3, 0.4) is 0 Å². The SMILES string of the molecule is CC(C)(O)CN=NCC(C)(C)O. The van der Waals surface area contributed by atoms with Gasteiger partial charge in [0.1, 0.15) is 0 Å². The number of hydrogen-bond donors (Lipinski definition) is 2. The standard InChI is InChI=1S/C8H18N2O2/c1-7(2,11)5-9-10-6-8(3,4)12/h11-12H,5-6H2,1-4H3. The van der Waals surface area contributed by atoms with Gasteiger partial charge in [-0.15, -0.1) is 0 Å². The molecule has 0 aromatic rings. The highest BCUT2D eigenvalue weighted by Gasteiger charge is 2.13. The molecule has 0 aromatic carbocycles. The maximum Gasteiger partial charge on any atom is 0.0881 e. The van der Waals surface area contributed by atoms with Gasteiger partial charge in [-0.1, -0.05) is 0 Å². The monoisotopic (exact) mass is 174 g/mol. The van der Waals surface area contributed by atoms with Gasteiger partial charge in [0.2, 0.25) is 0 Å². The lowest BCUT2D eigenvalue weighted by atomic mass is 10.1. The summed E-state index contributed by atoms with van der Waals surface area (Å²) < 4.78 is 0. The second-order valence-corrected chi connectivity index (χ2v) is 4.22. The maximum absolute atomic E-state index is 9.23. The predicted octanol–water partition coefficient (Wildman–Crippen LogP) is 0.980. The van der Waals surface area contributed by atoms with Crippen molar-refractivity contribution in [1.29, 1.82) is 0 Å². The lowest BCUT2D eigenvalue weighted by molar-refractivity contribution is 0.0796. The Morgan fingerprint density at radius 3 is 1.25 bits per heavy atom. The molecule has 2 N–H and O–H groups in total. The highest BCUT2D eigenvalue weighted by atomic mass is 16.3. The summed E-state index contributed by atoms with van der Waals surface area (Å²) in [6.07, 6.45) is 0. The molecular formula is C8H18N2O2. The maximum atomic E-state index is 9.23. The highest BCUT2D eigenvalue weighted by Crippen LogP contribution is 2.04. The van der Waals surface area contributed by atoms with Crippen LogP contribution in [-0.2, 0) is 0 Å². The first kappa shape index (κ1) is 11.5. The zero-order valence-electron chi connectivity index (χ0n) is 8.20. The molecule has 0 aliphatic carbocycles. The van der Waals surface area contributed by atoms with E-state index in [1.165, 1.54) is 0 Å². The fraction of sp³-hybridized carbons (Fsp3) is 1.00. The van der Waals surface area contributed by atoms with E-state index in [-0.39, 0.29) is 13.1 Å². The van der Waals surface area contributed by atoms with Gasteiger partial charge < -0.3 is 10.2 Å². The Morgan fingerprint density at radius 2 is 1.08 bits per heavy atom. The molecule has 0 bridgehead atoms. The van der Waals surface area contributed by atoms with E-state index >= 15 is 0 Å². The van der Waals surface area contributed by atoms with Gasteiger partial charge in [-0.3, -0.25) is 0 Å². The smallest absolute Gasteiger partial charge is 0.0881 e. The largest absolute Gasteiger partial charge is 0.388 e. The Morgan fingerprint density at radius 1 is 0.833 bits per heavy atom. The lowest BCUT2D eigenvalue weighted by Gasteiger charge is -2.14. The second kappa shape index (κ2) is 3.96. The zero-order valence-corrected chi connectivity index (χ0v) is 8.20. The summed E-state index contributed by atoms with van der Waals surface area (Å²) in [4.78, 5) is 0. The van der Waals surface area contributed by atoms with Crippen LogP contribution in [0, 0.1) is 0 Å². The molecule has 0 aliphatic heterocycles. The van der Waals surface area contributed by atoms with Gasteiger partial charge in [0.05, 0.1) is 24.3 Å². The molecule has 0 radical (unpaired) electrons. The fourth-order valence-electron chi connectivity index (χ4n) is 0.446. The average Bonchev–Trinajstić information content (AvgIpc) is 1.76.